The number of hydrogen-bond acceptors (Lipinski definition) is 5. The monoisotopic (exact) mass is 308 g/mol. The summed E-state index contributed by atoms with van der Waals surface area (Å²) in [5.74, 6) is -0.515. The Hall–Kier alpha value is -2.81. The first-order valence-corrected chi connectivity index (χ1v) is 6.05. The maximum Gasteiger partial charge on any atom is 0.433 e. The van der Waals surface area contributed by atoms with E-state index in [9.17, 15) is 14.5 Å². The van der Waals surface area contributed by atoms with Gasteiger partial charge in [0.25, 0.3) is 0 Å². The van der Waals surface area contributed by atoms with Gasteiger partial charge in [-0.15, -0.1) is 0 Å². The van der Waals surface area contributed by atoms with Crippen LogP contribution in [0.2, 0.25) is 0 Å². The molecule has 0 aliphatic heterocycles. The first kappa shape index (κ1) is 14.6. The molecule has 0 bridgehead atoms. The highest BCUT2D eigenvalue weighted by Crippen LogP contribution is 2.13. The normalized spacial score (nSPS) is 10.5. The molecule has 1 aromatic heterocycles. The van der Waals surface area contributed by atoms with E-state index in [4.69, 9.17) is 16.6 Å². The summed E-state index contributed by atoms with van der Waals surface area (Å²) in [6, 6.07) is 8.23. The number of nitrogens with one attached hydrogen (secondary N) is 2. The van der Waals surface area contributed by atoms with Crippen LogP contribution in [0, 0.1) is 15.9 Å². The Kier molecular flexibility index (Phi) is 4.57. The lowest BCUT2D eigenvalue weighted by molar-refractivity contribution is -0.402. The van der Waals surface area contributed by atoms with E-state index in [0.29, 0.717) is 5.69 Å². The molecule has 0 spiro atoms. The Balaban J connectivity index is 1.86. The van der Waals surface area contributed by atoms with Gasteiger partial charge in [0.1, 0.15) is 10.7 Å². The van der Waals surface area contributed by atoms with Crippen molar-refractivity contribution in [3.63, 3.8) is 0 Å². The third-order valence-electron chi connectivity index (χ3n) is 2.25. The lowest BCUT2D eigenvalue weighted by atomic mass is 10.3. The van der Waals surface area contributed by atoms with Gasteiger partial charge in [-0.05, 0) is 42.5 Å². The summed E-state index contributed by atoms with van der Waals surface area (Å²) in [5.41, 5.74) is 3.09. The van der Waals surface area contributed by atoms with E-state index < -0.39 is 4.92 Å². The van der Waals surface area contributed by atoms with Crippen LogP contribution in [-0.4, -0.2) is 16.3 Å². The molecule has 7 nitrogen and oxygen atoms in total. The van der Waals surface area contributed by atoms with Gasteiger partial charge >= 0.3 is 5.88 Å². The molecule has 0 saturated heterocycles. The topological polar surface area (TPSA) is 92.7 Å². The van der Waals surface area contributed by atoms with Crippen molar-refractivity contribution in [3.8, 4) is 0 Å². The van der Waals surface area contributed by atoms with Gasteiger partial charge in [-0.1, -0.05) is 0 Å². The molecule has 0 aliphatic carbocycles. The fourth-order valence-corrected chi connectivity index (χ4v) is 1.53. The fraction of sp³-hybridized carbons (Fsp3) is 0. The minimum Gasteiger partial charge on any atom is -0.400 e. The Labute approximate surface area is 123 Å². The molecule has 108 valence electrons. The van der Waals surface area contributed by atoms with Crippen molar-refractivity contribution < 1.29 is 13.7 Å². The van der Waals surface area contributed by atoms with Crippen molar-refractivity contribution in [1.29, 1.82) is 0 Å². The molecule has 0 fully saturated rings. The number of nitrogens with zero attached hydrogens (tertiary/aromatic N) is 2. The van der Waals surface area contributed by atoms with Gasteiger partial charge < -0.3 is 9.73 Å². The first-order chi connectivity index (χ1) is 10.0. The summed E-state index contributed by atoms with van der Waals surface area (Å²) < 4.78 is 17.6. The smallest absolute Gasteiger partial charge is 0.400 e. The summed E-state index contributed by atoms with van der Waals surface area (Å²) >= 11 is 4.96. The Bertz CT molecular complexity index is 684. The molecule has 21 heavy (non-hydrogen) atoms. The quantitative estimate of drug-likeness (QED) is 0.390. The summed E-state index contributed by atoms with van der Waals surface area (Å²) in [7, 11) is 0. The van der Waals surface area contributed by atoms with Crippen LogP contribution in [0.3, 0.4) is 0 Å². The molecule has 0 aliphatic rings. The average Bonchev–Trinajstić information content (AvgIpc) is 2.90. The standard InChI is InChI=1S/C12H9FN4O3S/c13-8-1-3-9(4-2-8)15-12(21)16-14-7-10-5-6-11(20-10)17(18)19/h1-7H,(H2,15,16,21)/b14-7-. The van der Waals surface area contributed by atoms with Crippen LogP contribution in [0.15, 0.2) is 45.9 Å². The van der Waals surface area contributed by atoms with Crippen molar-refractivity contribution in [3.05, 3.63) is 58.1 Å². The lowest BCUT2D eigenvalue weighted by Crippen LogP contribution is -2.23. The zero-order chi connectivity index (χ0) is 15.2. The van der Waals surface area contributed by atoms with E-state index >= 15 is 0 Å². The number of anilines is 1. The third-order valence-corrected chi connectivity index (χ3v) is 2.45. The highest BCUT2D eigenvalue weighted by atomic mass is 32.1. The summed E-state index contributed by atoms with van der Waals surface area (Å²) in [5, 5.41) is 17.1. The molecule has 1 heterocycles. The van der Waals surface area contributed by atoms with Gasteiger partial charge in [0.2, 0.25) is 0 Å². The molecule has 9 heteroatoms. The third kappa shape index (κ3) is 4.35. The van der Waals surface area contributed by atoms with Gasteiger partial charge in [-0.25, -0.2) is 4.39 Å². The number of rotatable bonds is 4. The van der Waals surface area contributed by atoms with Crippen LogP contribution >= 0.6 is 12.2 Å². The number of hydrogen-bond donors (Lipinski definition) is 2. The van der Waals surface area contributed by atoms with Crippen molar-refractivity contribution in [2.24, 2.45) is 5.10 Å². The molecule has 2 N–H and O–H groups in total. The Morgan fingerprint density at radius 2 is 2.05 bits per heavy atom. The molecule has 0 radical (unpaired) electrons. The van der Waals surface area contributed by atoms with Gasteiger partial charge in [0, 0.05) is 5.69 Å². The van der Waals surface area contributed by atoms with Crippen LogP contribution in [0.5, 0.6) is 0 Å². The minimum atomic E-state index is -0.647. The molecule has 0 unspecified atom stereocenters. The van der Waals surface area contributed by atoms with Gasteiger partial charge in [0.05, 0.1) is 12.3 Å². The number of hydrazone groups is 1. The fourth-order valence-electron chi connectivity index (χ4n) is 1.36. The summed E-state index contributed by atoms with van der Waals surface area (Å²) in [6.07, 6.45) is 1.24. The van der Waals surface area contributed by atoms with Crippen molar-refractivity contribution >= 4 is 35.1 Å². The van der Waals surface area contributed by atoms with E-state index in [2.05, 4.69) is 15.8 Å². The highest BCUT2D eigenvalue weighted by Gasteiger charge is 2.10. The zero-order valence-corrected chi connectivity index (χ0v) is 11.3. The zero-order valence-electron chi connectivity index (χ0n) is 10.4. The lowest BCUT2D eigenvalue weighted by Gasteiger charge is -2.06. The predicted molar refractivity (Wildman–Crippen MR) is 78.7 cm³/mol. The Morgan fingerprint density at radius 3 is 2.67 bits per heavy atom. The summed E-state index contributed by atoms with van der Waals surface area (Å²) in [6.45, 7) is 0. The van der Waals surface area contributed by atoms with Crippen LogP contribution < -0.4 is 10.7 Å². The maximum atomic E-state index is 12.7. The van der Waals surface area contributed by atoms with Crippen LogP contribution in [0.4, 0.5) is 16.0 Å². The number of furan rings is 1. The maximum absolute atomic E-state index is 12.7. The van der Waals surface area contributed by atoms with E-state index in [1.165, 1.54) is 42.6 Å². The average molecular weight is 308 g/mol. The molecule has 2 rings (SSSR count). The first-order valence-electron chi connectivity index (χ1n) is 5.64. The minimum absolute atomic E-state index is 0.180. The predicted octanol–water partition coefficient (Wildman–Crippen LogP) is 2.65. The second-order valence-corrected chi connectivity index (χ2v) is 4.17. The van der Waals surface area contributed by atoms with E-state index in [0.717, 1.165) is 0 Å². The molecule has 0 amide bonds. The van der Waals surface area contributed by atoms with Gasteiger partial charge in [-0.2, -0.15) is 5.10 Å². The molecule has 2 aromatic rings. The van der Waals surface area contributed by atoms with E-state index in [1.807, 2.05) is 0 Å². The molecular weight excluding hydrogens is 299 g/mol. The van der Waals surface area contributed by atoms with Crippen molar-refractivity contribution in [1.82, 2.24) is 5.43 Å². The van der Waals surface area contributed by atoms with Crippen LogP contribution in [0.25, 0.3) is 0 Å². The number of nitro groups is 1. The number of benzene rings is 1. The molecule has 0 atom stereocenters. The number of thiocarbonyl (C=S) groups is 1. The van der Waals surface area contributed by atoms with Gasteiger partial charge in [0.15, 0.2) is 10.9 Å². The van der Waals surface area contributed by atoms with E-state index in [1.54, 1.807) is 0 Å². The SMILES string of the molecule is O=[N+]([O-])c1ccc(/C=N\NC(=S)Nc2ccc(F)cc2)o1. The van der Waals surface area contributed by atoms with Crippen LogP contribution in [-0.2, 0) is 0 Å². The Morgan fingerprint density at radius 1 is 1.33 bits per heavy atom. The van der Waals surface area contributed by atoms with Gasteiger partial charge in [-0.3, -0.25) is 15.5 Å². The largest absolute Gasteiger partial charge is 0.433 e. The second kappa shape index (κ2) is 6.57. The van der Waals surface area contributed by atoms with E-state index in [-0.39, 0.29) is 22.6 Å². The summed E-state index contributed by atoms with van der Waals surface area (Å²) in [4.78, 5) is 9.77. The highest BCUT2D eigenvalue weighted by molar-refractivity contribution is 7.80. The van der Waals surface area contributed by atoms with Crippen molar-refractivity contribution in [2.45, 2.75) is 0 Å². The second-order valence-electron chi connectivity index (χ2n) is 3.76. The van der Waals surface area contributed by atoms with Crippen LogP contribution in [0.1, 0.15) is 5.76 Å². The number of halogens is 1. The molecular formula is C12H9FN4O3S. The van der Waals surface area contributed by atoms with Crippen molar-refractivity contribution in [2.75, 3.05) is 5.32 Å². The molecule has 0 saturated carbocycles. The molecule has 1 aromatic carbocycles.